The van der Waals surface area contributed by atoms with Gasteiger partial charge >= 0.3 is 0 Å². The van der Waals surface area contributed by atoms with Gasteiger partial charge in [0.25, 0.3) is 0 Å². The maximum Gasteiger partial charge on any atom is 0.137 e. The Bertz CT molecular complexity index is 199. The van der Waals surface area contributed by atoms with E-state index >= 15 is 0 Å². The van der Waals surface area contributed by atoms with Crippen LogP contribution in [-0.2, 0) is 6.54 Å². The van der Waals surface area contributed by atoms with Crippen molar-refractivity contribution in [3.63, 3.8) is 0 Å². The van der Waals surface area contributed by atoms with Crippen LogP contribution in [0.3, 0.4) is 0 Å². The second kappa shape index (κ2) is 4.84. The summed E-state index contributed by atoms with van der Waals surface area (Å²) in [6, 6.07) is 0. The first-order valence-electron chi connectivity index (χ1n) is 4.03. The fourth-order valence-electron chi connectivity index (χ4n) is 0.955. The number of hydrogen-bond acceptors (Lipinski definition) is 4. The highest BCUT2D eigenvalue weighted by Gasteiger charge is 2.00. The number of nitrogens with two attached hydrogens (primary N) is 1. The van der Waals surface area contributed by atoms with Gasteiger partial charge in [0.15, 0.2) is 0 Å². The first-order valence-corrected chi connectivity index (χ1v) is 4.03. The third kappa shape index (κ3) is 2.98. The van der Waals surface area contributed by atoms with Gasteiger partial charge in [-0.05, 0) is 12.8 Å². The Kier molecular flexibility index (Phi) is 3.69. The lowest BCUT2D eigenvalue weighted by Crippen LogP contribution is -2.19. The Hall–Kier alpha value is -0.940. The highest BCUT2D eigenvalue weighted by Crippen LogP contribution is 1.97. The van der Waals surface area contributed by atoms with Crippen LogP contribution in [0, 0.1) is 0 Å². The third-order valence-electron chi connectivity index (χ3n) is 1.66. The van der Waals surface area contributed by atoms with Gasteiger partial charge < -0.3 is 10.8 Å². The summed E-state index contributed by atoms with van der Waals surface area (Å²) in [6.45, 7) is 1.12. The van der Waals surface area contributed by atoms with E-state index in [0.29, 0.717) is 6.54 Å². The second-order valence-corrected chi connectivity index (χ2v) is 2.69. The fourth-order valence-corrected chi connectivity index (χ4v) is 0.955. The molecule has 0 saturated carbocycles. The molecule has 0 radical (unpaired) electrons. The summed E-state index contributed by atoms with van der Waals surface area (Å²) in [5.74, 6) is 0. The third-order valence-corrected chi connectivity index (χ3v) is 1.66. The van der Waals surface area contributed by atoms with E-state index < -0.39 is 0 Å². The molecule has 1 atom stereocenters. The van der Waals surface area contributed by atoms with E-state index in [2.05, 4.69) is 10.1 Å². The zero-order valence-electron chi connectivity index (χ0n) is 6.93. The number of hydrogen-bond donors (Lipinski definition) is 2. The molecule has 1 aromatic rings. The van der Waals surface area contributed by atoms with Gasteiger partial charge in [-0.25, -0.2) is 4.98 Å². The van der Waals surface area contributed by atoms with Crippen LogP contribution >= 0.6 is 0 Å². The summed E-state index contributed by atoms with van der Waals surface area (Å²) in [6.07, 6.45) is 4.38. The number of aryl methyl sites for hydroxylation is 1. The predicted octanol–water partition coefficient (Wildman–Crippen LogP) is -0.622. The predicted molar refractivity (Wildman–Crippen MR) is 44.3 cm³/mol. The van der Waals surface area contributed by atoms with Crippen molar-refractivity contribution in [1.29, 1.82) is 0 Å². The van der Waals surface area contributed by atoms with E-state index in [1.54, 1.807) is 11.0 Å². The Morgan fingerprint density at radius 1 is 1.58 bits per heavy atom. The van der Waals surface area contributed by atoms with Crippen LogP contribution in [0.15, 0.2) is 12.7 Å². The minimum absolute atomic E-state index is 0.331. The summed E-state index contributed by atoms with van der Waals surface area (Å²) in [4.78, 5) is 3.80. The number of nitrogens with zero attached hydrogens (tertiary/aromatic N) is 3. The van der Waals surface area contributed by atoms with E-state index in [1.165, 1.54) is 6.33 Å². The van der Waals surface area contributed by atoms with Gasteiger partial charge in [-0.3, -0.25) is 4.68 Å². The zero-order chi connectivity index (χ0) is 8.81. The quantitative estimate of drug-likeness (QED) is 0.617. The first kappa shape index (κ1) is 9.15. The SMILES string of the molecule is NCC(O)CCCn1cncn1. The Morgan fingerprint density at radius 2 is 2.42 bits per heavy atom. The second-order valence-electron chi connectivity index (χ2n) is 2.69. The van der Waals surface area contributed by atoms with E-state index in [4.69, 9.17) is 10.8 Å². The van der Waals surface area contributed by atoms with Crippen LogP contribution in [0.5, 0.6) is 0 Å². The van der Waals surface area contributed by atoms with Crippen LogP contribution in [0.25, 0.3) is 0 Å². The summed E-state index contributed by atoms with van der Waals surface area (Å²) in [5.41, 5.74) is 5.25. The molecule has 0 aliphatic rings. The summed E-state index contributed by atoms with van der Waals surface area (Å²) in [7, 11) is 0. The van der Waals surface area contributed by atoms with Gasteiger partial charge in [0.1, 0.15) is 12.7 Å². The largest absolute Gasteiger partial charge is 0.392 e. The molecule has 12 heavy (non-hydrogen) atoms. The van der Waals surface area contributed by atoms with Crippen LogP contribution < -0.4 is 5.73 Å². The average Bonchev–Trinajstić information content (AvgIpc) is 2.57. The Balaban J connectivity index is 2.11. The molecule has 0 fully saturated rings. The first-order chi connectivity index (χ1) is 5.83. The van der Waals surface area contributed by atoms with E-state index in [0.717, 1.165) is 19.4 Å². The van der Waals surface area contributed by atoms with Crippen molar-refractivity contribution in [3.8, 4) is 0 Å². The lowest BCUT2D eigenvalue weighted by Gasteiger charge is -2.06. The van der Waals surface area contributed by atoms with E-state index in [9.17, 15) is 0 Å². The number of aliphatic hydroxyl groups excluding tert-OH is 1. The molecule has 1 heterocycles. The van der Waals surface area contributed by atoms with Gasteiger partial charge in [0.05, 0.1) is 6.10 Å². The van der Waals surface area contributed by atoms with Gasteiger partial charge in [0, 0.05) is 13.1 Å². The van der Waals surface area contributed by atoms with Gasteiger partial charge in [-0.1, -0.05) is 0 Å². The molecule has 5 heteroatoms. The molecule has 0 spiro atoms. The van der Waals surface area contributed by atoms with Crippen LogP contribution in [-0.4, -0.2) is 32.5 Å². The fraction of sp³-hybridized carbons (Fsp3) is 0.714. The van der Waals surface area contributed by atoms with Crippen molar-refractivity contribution in [2.75, 3.05) is 6.54 Å². The minimum atomic E-state index is -0.381. The Labute approximate surface area is 71.2 Å². The van der Waals surface area contributed by atoms with E-state index in [-0.39, 0.29) is 6.10 Å². The van der Waals surface area contributed by atoms with Crippen LogP contribution in [0.2, 0.25) is 0 Å². The molecule has 5 nitrogen and oxygen atoms in total. The number of aliphatic hydroxyl groups is 1. The lowest BCUT2D eigenvalue weighted by molar-refractivity contribution is 0.167. The zero-order valence-corrected chi connectivity index (χ0v) is 6.93. The molecule has 0 aromatic carbocycles. The lowest BCUT2D eigenvalue weighted by atomic mass is 10.2. The molecule has 0 aliphatic carbocycles. The number of aromatic nitrogens is 3. The molecule has 0 bridgehead atoms. The van der Waals surface area contributed by atoms with Gasteiger partial charge in [-0.15, -0.1) is 0 Å². The van der Waals surface area contributed by atoms with Crippen molar-refractivity contribution >= 4 is 0 Å². The number of rotatable bonds is 5. The summed E-state index contributed by atoms with van der Waals surface area (Å²) >= 11 is 0. The molecule has 0 saturated heterocycles. The highest BCUT2D eigenvalue weighted by atomic mass is 16.3. The van der Waals surface area contributed by atoms with Crippen molar-refractivity contribution in [1.82, 2.24) is 14.8 Å². The molecular formula is C7H14N4O. The normalized spacial score (nSPS) is 13.2. The van der Waals surface area contributed by atoms with Crippen molar-refractivity contribution in [2.45, 2.75) is 25.5 Å². The van der Waals surface area contributed by atoms with Crippen molar-refractivity contribution in [2.24, 2.45) is 5.73 Å². The summed E-state index contributed by atoms with van der Waals surface area (Å²) in [5, 5.41) is 13.0. The Morgan fingerprint density at radius 3 is 3.00 bits per heavy atom. The molecule has 68 valence electrons. The molecule has 1 unspecified atom stereocenters. The smallest absolute Gasteiger partial charge is 0.137 e. The topological polar surface area (TPSA) is 77.0 Å². The molecule has 0 amide bonds. The highest BCUT2D eigenvalue weighted by molar-refractivity contribution is 4.59. The maximum atomic E-state index is 9.12. The molecule has 3 N–H and O–H groups in total. The molecule has 0 aliphatic heterocycles. The van der Waals surface area contributed by atoms with Crippen molar-refractivity contribution in [3.05, 3.63) is 12.7 Å². The van der Waals surface area contributed by atoms with E-state index in [1.807, 2.05) is 0 Å². The van der Waals surface area contributed by atoms with Crippen molar-refractivity contribution < 1.29 is 5.11 Å². The molecule has 1 aromatic heterocycles. The van der Waals surface area contributed by atoms with Crippen LogP contribution in [0.1, 0.15) is 12.8 Å². The summed E-state index contributed by atoms with van der Waals surface area (Å²) < 4.78 is 1.74. The average molecular weight is 170 g/mol. The van der Waals surface area contributed by atoms with Crippen LogP contribution in [0.4, 0.5) is 0 Å². The monoisotopic (exact) mass is 170 g/mol. The maximum absolute atomic E-state index is 9.12. The molecular weight excluding hydrogens is 156 g/mol. The minimum Gasteiger partial charge on any atom is -0.392 e. The van der Waals surface area contributed by atoms with Gasteiger partial charge in [-0.2, -0.15) is 5.10 Å². The van der Waals surface area contributed by atoms with Gasteiger partial charge in [0.2, 0.25) is 0 Å². The standard InChI is InChI=1S/C7H14N4O/c8-4-7(12)2-1-3-11-6-9-5-10-11/h5-7,12H,1-4,8H2. The molecule has 1 rings (SSSR count).